The largest absolute Gasteiger partial charge is 0.488 e. The number of benzene rings is 1. The summed E-state index contributed by atoms with van der Waals surface area (Å²) in [4.78, 5) is 0. The van der Waals surface area contributed by atoms with Crippen molar-refractivity contribution in [2.75, 3.05) is 5.73 Å². The molecule has 0 heterocycles. The second kappa shape index (κ2) is 3.29. The van der Waals surface area contributed by atoms with Crippen LogP contribution < -0.4 is 10.5 Å². The molecule has 0 unspecified atom stereocenters. The predicted molar refractivity (Wildman–Crippen MR) is 56.0 cm³/mol. The summed E-state index contributed by atoms with van der Waals surface area (Å²) in [5.74, 6) is 0.829. The fourth-order valence-electron chi connectivity index (χ4n) is 1.04. The van der Waals surface area contributed by atoms with Gasteiger partial charge in [0.2, 0.25) is 0 Å². The number of hydrogen-bond donors (Lipinski definition) is 1. The summed E-state index contributed by atoms with van der Waals surface area (Å²) in [6.45, 7) is 8.03. The van der Waals surface area contributed by atoms with E-state index in [0.717, 1.165) is 17.0 Å². The zero-order valence-corrected chi connectivity index (χ0v) is 8.72. The first-order valence-corrected chi connectivity index (χ1v) is 4.43. The maximum atomic E-state index is 5.76. The van der Waals surface area contributed by atoms with Gasteiger partial charge in [0.1, 0.15) is 11.4 Å². The van der Waals surface area contributed by atoms with Gasteiger partial charge in [-0.25, -0.2) is 0 Å². The summed E-state index contributed by atoms with van der Waals surface area (Å²) in [6, 6.07) is 5.77. The molecule has 0 amide bonds. The number of nitrogens with two attached hydrogens (primary N) is 1. The van der Waals surface area contributed by atoms with Crippen LogP contribution in [0.2, 0.25) is 0 Å². The molecule has 1 aromatic rings. The first-order chi connectivity index (χ1) is 5.88. The molecule has 0 atom stereocenters. The first kappa shape index (κ1) is 9.90. The minimum Gasteiger partial charge on any atom is -0.488 e. The third-order valence-electron chi connectivity index (χ3n) is 1.67. The van der Waals surface area contributed by atoms with Crippen molar-refractivity contribution in [3.8, 4) is 5.75 Å². The van der Waals surface area contributed by atoms with Gasteiger partial charge in [0.25, 0.3) is 0 Å². The van der Waals surface area contributed by atoms with Crippen LogP contribution in [0.25, 0.3) is 0 Å². The van der Waals surface area contributed by atoms with Crippen molar-refractivity contribution in [1.82, 2.24) is 0 Å². The maximum Gasteiger partial charge on any atom is 0.122 e. The van der Waals surface area contributed by atoms with E-state index < -0.39 is 0 Å². The molecular weight excluding hydrogens is 162 g/mol. The molecule has 0 radical (unpaired) electrons. The number of hydrogen-bond acceptors (Lipinski definition) is 2. The molecule has 13 heavy (non-hydrogen) atoms. The number of ether oxygens (including phenoxy) is 1. The van der Waals surface area contributed by atoms with Crippen LogP contribution in [0.15, 0.2) is 18.2 Å². The van der Waals surface area contributed by atoms with Crippen LogP contribution >= 0.6 is 0 Å². The summed E-state index contributed by atoms with van der Waals surface area (Å²) in [5, 5.41) is 0. The molecular formula is C11H17NO. The van der Waals surface area contributed by atoms with Crippen molar-refractivity contribution in [3.63, 3.8) is 0 Å². The summed E-state index contributed by atoms with van der Waals surface area (Å²) in [6.07, 6.45) is 0. The highest BCUT2D eigenvalue weighted by atomic mass is 16.5. The molecule has 0 aliphatic carbocycles. The number of aryl methyl sites for hydroxylation is 1. The summed E-state index contributed by atoms with van der Waals surface area (Å²) >= 11 is 0. The van der Waals surface area contributed by atoms with E-state index in [1.54, 1.807) is 0 Å². The van der Waals surface area contributed by atoms with Crippen LogP contribution in [0.5, 0.6) is 5.75 Å². The highest BCUT2D eigenvalue weighted by molar-refractivity contribution is 5.50. The van der Waals surface area contributed by atoms with Crippen molar-refractivity contribution in [2.24, 2.45) is 0 Å². The predicted octanol–water partition coefficient (Wildman–Crippen LogP) is 2.75. The molecule has 2 N–H and O–H groups in total. The standard InChI is InChI=1S/C11H17NO/c1-8-5-6-9(7-10(8)12)13-11(2,3)4/h5-7H,12H2,1-4H3. The van der Waals surface area contributed by atoms with Crippen LogP contribution in [0.3, 0.4) is 0 Å². The lowest BCUT2D eigenvalue weighted by Gasteiger charge is -2.21. The summed E-state index contributed by atoms with van der Waals surface area (Å²) in [5.41, 5.74) is 7.46. The fraction of sp³-hybridized carbons (Fsp3) is 0.455. The van der Waals surface area contributed by atoms with Gasteiger partial charge in [0, 0.05) is 11.8 Å². The number of anilines is 1. The molecule has 72 valence electrons. The summed E-state index contributed by atoms with van der Waals surface area (Å²) in [7, 11) is 0. The maximum absolute atomic E-state index is 5.76. The Bertz CT molecular complexity index is 299. The highest BCUT2D eigenvalue weighted by Gasteiger charge is 2.11. The lowest BCUT2D eigenvalue weighted by molar-refractivity contribution is 0.131. The molecule has 1 rings (SSSR count). The number of nitrogen functional groups attached to an aromatic ring is 1. The monoisotopic (exact) mass is 179 g/mol. The molecule has 0 saturated heterocycles. The fourth-order valence-corrected chi connectivity index (χ4v) is 1.04. The Morgan fingerprint density at radius 1 is 1.23 bits per heavy atom. The SMILES string of the molecule is Cc1ccc(OC(C)(C)C)cc1N. The van der Waals surface area contributed by atoms with Crippen LogP contribution in [0, 0.1) is 6.92 Å². The van der Waals surface area contributed by atoms with Crippen molar-refractivity contribution in [3.05, 3.63) is 23.8 Å². The Kier molecular flexibility index (Phi) is 2.50. The van der Waals surface area contributed by atoms with Gasteiger partial charge < -0.3 is 10.5 Å². The quantitative estimate of drug-likeness (QED) is 0.673. The van der Waals surface area contributed by atoms with Crippen LogP contribution in [-0.2, 0) is 0 Å². The lowest BCUT2D eigenvalue weighted by atomic mass is 10.1. The van der Waals surface area contributed by atoms with Gasteiger partial charge in [0.15, 0.2) is 0 Å². The molecule has 0 saturated carbocycles. The Morgan fingerprint density at radius 2 is 1.85 bits per heavy atom. The van der Waals surface area contributed by atoms with Gasteiger partial charge in [-0.05, 0) is 39.3 Å². The van der Waals surface area contributed by atoms with E-state index in [0.29, 0.717) is 0 Å². The van der Waals surface area contributed by atoms with Crippen molar-refractivity contribution >= 4 is 5.69 Å². The second-order valence-electron chi connectivity index (χ2n) is 4.23. The first-order valence-electron chi connectivity index (χ1n) is 4.43. The molecule has 0 aromatic heterocycles. The molecule has 0 fully saturated rings. The topological polar surface area (TPSA) is 35.2 Å². The molecule has 2 heteroatoms. The van der Waals surface area contributed by atoms with Gasteiger partial charge >= 0.3 is 0 Å². The average Bonchev–Trinajstić information content (AvgIpc) is 1.94. The van der Waals surface area contributed by atoms with E-state index in [1.807, 2.05) is 45.9 Å². The molecule has 0 aliphatic heterocycles. The van der Waals surface area contributed by atoms with Crippen molar-refractivity contribution in [2.45, 2.75) is 33.3 Å². The van der Waals surface area contributed by atoms with Crippen molar-refractivity contribution in [1.29, 1.82) is 0 Å². The van der Waals surface area contributed by atoms with E-state index in [4.69, 9.17) is 10.5 Å². The second-order valence-corrected chi connectivity index (χ2v) is 4.23. The van der Waals surface area contributed by atoms with E-state index >= 15 is 0 Å². The normalized spacial score (nSPS) is 11.4. The van der Waals surface area contributed by atoms with Crippen LogP contribution in [0.1, 0.15) is 26.3 Å². The van der Waals surface area contributed by atoms with Crippen LogP contribution in [0.4, 0.5) is 5.69 Å². The Labute approximate surface area is 79.7 Å². The summed E-state index contributed by atoms with van der Waals surface area (Å²) < 4.78 is 5.66. The average molecular weight is 179 g/mol. The van der Waals surface area contributed by atoms with Crippen molar-refractivity contribution < 1.29 is 4.74 Å². The third kappa shape index (κ3) is 2.98. The van der Waals surface area contributed by atoms with Gasteiger partial charge in [-0.2, -0.15) is 0 Å². The molecule has 2 nitrogen and oxygen atoms in total. The van der Waals surface area contributed by atoms with E-state index in [-0.39, 0.29) is 5.60 Å². The van der Waals surface area contributed by atoms with Gasteiger partial charge in [-0.15, -0.1) is 0 Å². The van der Waals surface area contributed by atoms with Gasteiger partial charge in [0.05, 0.1) is 0 Å². The van der Waals surface area contributed by atoms with E-state index in [1.165, 1.54) is 0 Å². The third-order valence-corrected chi connectivity index (χ3v) is 1.67. The smallest absolute Gasteiger partial charge is 0.122 e. The van der Waals surface area contributed by atoms with E-state index in [2.05, 4.69) is 0 Å². The zero-order valence-electron chi connectivity index (χ0n) is 8.72. The highest BCUT2D eigenvalue weighted by Crippen LogP contribution is 2.22. The Balaban J connectivity index is 2.86. The van der Waals surface area contributed by atoms with Gasteiger partial charge in [-0.1, -0.05) is 6.07 Å². The van der Waals surface area contributed by atoms with Crippen LogP contribution in [-0.4, -0.2) is 5.60 Å². The molecule has 0 bridgehead atoms. The lowest BCUT2D eigenvalue weighted by Crippen LogP contribution is -2.22. The minimum absolute atomic E-state index is 0.165. The Morgan fingerprint density at radius 3 is 2.31 bits per heavy atom. The minimum atomic E-state index is -0.165. The zero-order chi connectivity index (χ0) is 10.1. The van der Waals surface area contributed by atoms with E-state index in [9.17, 15) is 0 Å². The molecule has 1 aromatic carbocycles. The number of rotatable bonds is 1. The molecule has 0 spiro atoms. The Hall–Kier alpha value is -1.18. The van der Waals surface area contributed by atoms with Gasteiger partial charge in [-0.3, -0.25) is 0 Å². The molecule has 0 aliphatic rings.